The summed E-state index contributed by atoms with van der Waals surface area (Å²) in [6.07, 6.45) is -0.766. The molecule has 2 amide bonds. The number of aryl methyl sites for hydroxylation is 1. The molecule has 1 unspecified atom stereocenters. The van der Waals surface area contributed by atoms with Crippen LogP contribution in [0.4, 0.5) is 0 Å². The number of ether oxygens (including phenoxy) is 1. The van der Waals surface area contributed by atoms with Crippen LogP contribution in [0.2, 0.25) is 0 Å². The Morgan fingerprint density at radius 1 is 1.04 bits per heavy atom. The summed E-state index contributed by atoms with van der Waals surface area (Å²) in [5.74, 6) is -1.64. The summed E-state index contributed by atoms with van der Waals surface area (Å²) in [4.78, 5) is 36.7. The standard InChI is InChI=1S/C20H16N2O5/c1-11-13-7-4-5-9-15(13)26-17(11)19(24)22-21-18(23)16-10-12-6-2-3-8-14(12)20(25)27-16/h2-9,16H,10H2,1H3,(H,21,23)(H,22,24). The maximum atomic E-state index is 12.4. The highest BCUT2D eigenvalue weighted by Gasteiger charge is 2.31. The van der Waals surface area contributed by atoms with Crippen molar-refractivity contribution >= 4 is 28.8 Å². The third-order valence-corrected chi connectivity index (χ3v) is 4.53. The third kappa shape index (κ3) is 3.03. The van der Waals surface area contributed by atoms with E-state index in [9.17, 15) is 14.4 Å². The lowest BCUT2D eigenvalue weighted by atomic mass is 9.98. The van der Waals surface area contributed by atoms with Gasteiger partial charge in [-0.2, -0.15) is 0 Å². The summed E-state index contributed by atoms with van der Waals surface area (Å²) < 4.78 is 10.7. The molecule has 136 valence electrons. The van der Waals surface area contributed by atoms with Crippen molar-refractivity contribution in [2.75, 3.05) is 0 Å². The van der Waals surface area contributed by atoms with Gasteiger partial charge in [-0.15, -0.1) is 0 Å². The topological polar surface area (TPSA) is 97.6 Å². The van der Waals surface area contributed by atoms with E-state index in [4.69, 9.17) is 9.15 Å². The van der Waals surface area contributed by atoms with Crippen molar-refractivity contribution in [3.8, 4) is 0 Å². The summed E-state index contributed by atoms with van der Waals surface area (Å²) in [5, 5.41) is 0.826. The summed E-state index contributed by atoms with van der Waals surface area (Å²) in [6.45, 7) is 1.77. The van der Waals surface area contributed by atoms with Crippen molar-refractivity contribution in [1.82, 2.24) is 10.9 Å². The molecule has 0 saturated heterocycles. The van der Waals surface area contributed by atoms with Gasteiger partial charge in [-0.1, -0.05) is 36.4 Å². The summed E-state index contributed by atoms with van der Waals surface area (Å²) in [5.41, 5.74) is 7.05. The van der Waals surface area contributed by atoms with Gasteiger partial charge in [0.15, 0.2) is 11.9 Å². The molecule has 0 bridgehead atoms. The Hall–Kier alpha value is -3.61. The fourth-order valence-corrected chi connectivity index (χ4v) is 3.12. The normalized spacial score (nSPS) is 15.7. The minimum atomic E-state index is -1.01. The third-order valence-electron chi connectivity index (χ3n) is 4.53. The van der Waals surface area contributed by atoms with E-state index in [1.54, 1.807) is 37.3 Å². The highest BCUT2D eigenvalue weighted by Crippen LogP contribution is 2.24. The number of rotatable bonds is 2. The smallest absolute Gasteiger partial charge is 0.339 e. The summed E-state index contributed by atoms with van der Waals surface area (Å²) in [7, 11) is 0. The zero-order valence-electron chi connectivity index (χ0n) is 14.4. The van der Waals surface area contributed by atoms with Gasteiger partial charge in [-0.3, -0.25) is 20.4 Å². The molecule has 7 heteroatoms. The molecule has 4 rings (SSSR count). The van der Waals surface area contributed by atoms with Crippen molar-refractivity contribution in [3.05, 3.63) is 71.0 Å². The number of hydrogen-bond donors (Lipinski definition) is 2. The molecular weight excluding hydrogens is 348 g/mol. The molecule has 1 aromatic heterocycles. The second-order valence-electron chi connectivity index (χ2n) is 6.25. The van der Waals surface area contributed by atoms with Crippen molar-refractivity contribution in [2.24, 2.45) is 0 Å². The number of amides is 2. The number of nitrogens with one attached hydrogen (secondary N) is 2. The van der Waals surface area contributed by atoms with E-state index in [2.05, 4.69) is 10.9 Å². The van der Waals surface area contributed by atoms with Gasteiger partial charge in [0.25, 0.3) is 5.91 Å². The van der Waals surface area contributed by atoms with E-state index >= 15 is 0 Å². The zero-order chi connectivity index (χ0) is 19.0. The predicted molar refractivity (Wildman–Crippen MR) is 95.9 cm³/mol. The molecule has 2 N–H and O–H groups in total. The number of esters is 1. The maximum Gasteiger partial charge on any atom is 0.339 e. The number of hydrogen-bond acceptors (Lipinski definition) is 5. The number of para-hydroxylation sites is 1. The van der Waals surface area contributed by atoms with Crippen LogP contribution in [0.1, 0.15) is 32.0 Å². The van der Waals surface area contributed by atoms with E-state index in [0.29, 0.717) is 16.7 Å². The average molecular weight is 364 g/mol. The molecule has 7 nitrogen and oxygen atoms in total. The van der Waals surface area contributed by atoms with Crippen LogP contribution in [-0.2, 0) is 16.0 Å². The Kier molecular flexibility index (Phi) is 4.12. The molecule has 0 spiro atoms. The van der Waals surface area contributed by atoms with Crippen LogP contribution in [0.25, 0.3) is 11.0 Å². The molecule has 0 aliphatic carbocycles. The second-order valence-corrected chi connectivity index (χ2v) is 6.25. The molecule has 0 saturated carbocycles. The highest BCUT2D eigenvalue weighted by molar-refractivity contribution is 6.00. The number of benzene rings is 2. The Balaban J connectivity index is 1.44. The SMILES string of the molecule is Cc1c(C(=O)NNC(=O)C2Cc3ccccc3C(=O)O2)oc2ccccc12. The molecule has 1 atom stereocenters. The van der Waals surface area contributed by atoms with Gasteiger partial charge in [0, 0.05) is 17.4 Å². The molecule has 1 aliphatic heterocycles. The Labute approximate surface area is 154 Å². The van der Waals surface area contributed by atoms with Crippen LogP contribution < -0.4 is 10.9 Å². The van der Waals surface area contributed by atoms with Gasteiger partial charge in [0.2, 0.25) is 0 Å². The van der Waals surface area contributed by atoms with Gasteiger partial charge in [-0.25, -0.2) is 4.79 Å². The van der Waals surface area contributed by atoms with E-state index in [1.807, 2.05) is 18.2 Å². The van der Waals surface area contributed by atoms with Crippen LogP contribution in [0.15, 0.2) is 52.9 Å². The van der Waals surface area contributed by atoms with Gasteiger partial charge in [-0.05, 0) is 24.6 Å². The van der Waals surface area contributed by atoms with Crippen LogP contribution in [0.3, 0.4) is 0 Å². The van der Waals surface area contributed by atoms with Crippen molar-refractivity contribution in [3.63, 3.8) is 0 Å². The minimum absolute atomic E-state index is 0.113. The fourth-order valence-electron chi connectivity index (χ4n) is 3.12. The number of furan rings is 1. The number of fused-ring (bicyclic) bond motifs is 2. The first-order chi connectivity index (χ1) is 13.0. The minimum Gasteiger partial charge on any atom is -0.451 e. The van der Waals surface area contributed by atoms with Gasteiger partial charge in [0.1, 0.15) is 5.58 Å². The average Bonchev–Trinajstić information content (AvgIpc) is 3.03. The summed E-state index contributed by atoms with van der Waals surface area (Å²) in [6, 6.07) is 14.2. The number of carbonyl (C=O) groups excluding carboxylic acids is 3. The van der Waals surface area contributed by atoms with Gasteiger partial charge < -0.3 is 9.15 Å². The largest absolute Gasteiger partial charge is 0.451 e. The van der Waals surface area contributed by atoms with Crippen LogP contribution in [-0.4, -0.2) is 23.9 Å². The quantitative estimate of drug-likeness (QED) is 0.537. The van der Waals surface area contributed by atoms with Crippen LogP contribution >= 0.6 is 0 Å². The van der Waals surface area contributed by atoms with E-state index in [-0.39, 0.29) is 12.2 Å². The van der Waals surface area contributed by atoms with Gasteiger partial charge in [0.05, 0.1) is 5.56 Å². The van der Waals surface area contributed by atoms with Crippen LogP contribution in [0.5, 0.6) is 0 Å². The fraction of sp³-hybridized carbons (Fsp3) is 0.150. The van der Waals surface area contributed by atoms with Gasteiger partial charge >= 0.3 is 11.9 Å². The first kappa shape index (κ1) is 16.8. The lowest BCUT2D eigenvalue weighted by Gasteiger charge is -2.23. The maximum absolute atomic E-state index is 12.4. The molecule has 27 heavy (non-hydrogen) atoms. The Bertz CT molecular complexity index is 1070. The zero-order valence-corrected chi connectivity index (χ0v) is 14.4. The highest BCUT2D eigenvalue weighted by atomic mass is 16.5. The molecule has 2 heterocycles. The van der Waals surface area contributed by atoms with E-state index in [0.717, 1.165) is 10.9 Å². The summed E-state index contributed by atoms with van der Waals surface area (Å²) >= 11 is 0. The molecule has 0 radical (unpaired) electrons. The first-order valence-electron chi connectivity index (χ1n) is 8.42. The number of hydrazine groups is 1. The Morgan fingerprint density at radius 2 is 1.78 bits per heavy atom. The molecule has 2 aromatic carbocycles. The van der Waals surface area contributed by atoms with Crippen molar-refractivity contribution < 1.29 is 23.5 Å². The predicted octanol–water partition coefficient (Wildman–Crippen LogP) is 2.28. The van der Waals surface area contributed by atoms with E-state index in [1.165, 1.54) is 0 Å². The Morgan fingerprint density at radius 3 is 2.59 bits per heavy atom. The number of carbonyl (C=O) groups is 3. The van der Waals surface area contributed by atoms with E-state index < -0.39 is 23.9 Å². The van der Waals surface area contributed by atoms with Crippen LogP contribution in [0, 0.1) is 6.92 Å². The monoisotopic (exact) mass is 364 g/mol. The lowest BCUT2D eigenvalue weighted by Crippen LogP contribution is -2.49. The molecular formula is C20H16N2O5. The van der Waals surface area contributed by atoms with Crippen molar-refractivity contribution in [1.29, 1.82) is 0 Å². The second kappa shape index (κ2) is 6.60. The lowest BCUT2D eigenvalue weighted by molar-refractivity contribution is -0.131. The number of cyclic esters (lactones) is 1. The molecule has 3 aromatic rings. The first-order valence-corrected chi connectivity index (χ1v) is 8.42. The van der Waals surface area contributed by atoms with Crippen molar-refractivity contribution in [2.45, 2.75) is 19.4 Å². The molecule has 1 aliphatic rings. The molecule has 0 fully saturated rings.